The fourth-order valence-electron chi connectivity index (χ4n) is 3.68. The quantitative estimate of drug-likeness (QED) is 0.583. The third kappa shape index (κ3) is 4.21. The van der Waals surface area contributed by atoms with Crippen LogP contribution >= 0.6 is 22.9 Å². The van der Waals surface area contributed by atoms with Crippen molar-refractivity contribution >= 4 is 51.5 Å². The SMILES string of the molecule is CO[C@@]1(C)C(=O)N(Cc2ccc3c(N)ncnc3c2)CCN1C(=O)COc1ccc(Cl)s1. The number of fused-ring (bicyclic) bond motifs is 1. The molecule has 0 aliphatic carbocycles. The second-order valence-electron chi connectivity index (χ2n) is 7.42. The van der Waals surface area contributed by atoms with Gasteiger partial charge in [-0.1, -0.05) is 29.0 Å². The fourth-order valence-corrected chi connectivity index (χ4v) is 4.56. The lowest BCUT2D eigenvalue weighted by Gasteiger charge is -2.46. The highest BCUT2D eigenvalue weighted by molar-refractivity contribution is 7.17. The number of ether oxygens (including phenoxy) is 2. The number of hydrogen-bond donors (Lipinski definition) is 1. The summed E-state index contributed by atoms with van der Waals surface area (Å²) in [4.78, 5) is 37.4. The number of thiophene rings is 1. The molecule has 1 saturated heterocycles. The van der Waals surface area contributed by atoms with E-state index in [0.29, 0.717) is 40.4 Å². The summed E-state index contributed by atoms with van der Waals surface area (Å²) in [6, 6.07) is 9.00. The molecule has 11 heteroatoms. The summed E-state index contributed by atoms with van der Waals surface area (Å²) in [5.41, 5.74) is 6.05. The molecule has 2 N–H and O–H groups in total. The number of halogens is 1. The first-order valence-electron chi connectivity index (χ1n) is 9.84. The number of nitrogens with zero attached hydrogens (tertiary/aromatic N) is 4. The summed E-state index contributed by atoms with van der Waals surface area (Å²) in [5.74, 6) is -0.241. The van der Waals surface area contributed by atoms with Crippen molar-refractivity contribution in [2.24, 2.45) is 0 Å². The number of carbonyl (C=O) groups excluding carboxylic acids is 2. The molecule has 0 saturated carbocycles. The van der Waals surface area contributed by atoms with E-state index >= 15 is 0 Å². The number of benzene rings is 1. The number of rotatable bonds is 6. The van der Waals surface area contributed by atoms with Gasteiger partial charge in [-0.25, -0.2) is 9.97 Å². The van der Waals surface area contributed by atoms with Gasteiger partial charge in [-0.05, 0) is 36.8 Å². The Bertz CT molecular complexity index is 1170. The van der Waals surface area contributed by atoms with E-state index in [1.165, 1.54) is 29.7 Å². The van der Waals surface area contributed by atoms with Crippen molar-refractivity contribution in [1.82, 2.24) is 19.8 Å². The van der Waals surface area contributed by atoms with E-state index in [0.717, 1.165) is 10.9 Å². The standard InChI is InChI=1S/C21H22ClN5O4S/c1-21(30-2)20(29)26(10-13-3-4-14-15(9-13)24-12-25-19(14)23)7-8-27(21)17(28)11-31-18-6-5-16(22)32-18/h3-6,9,12H,7-8,10-11H2,1-2H3,(H2,23,24,25)/t21-/m0/s1. The average Bonchev–Trinajstić information content (AvgIpc) is 3.20. The van der Waals surface area contributed by atoms with Gasteiger partial charge in [0, 0.05) is 32.1 Å². The molecule has 1 aromatic carbocycles. The van der Waals surface area contributed by atoms with Crippen LogP contribution in [0.1, 0.15) is 12.5 Å². The Morgan fingerprint density at radius 1 is 1.28 bits per heavy atom. The van der Waals surface area contributed by atoms with Crippen LogP contribution in [0.25, 0.3) is 10.9 Å². The van der Waals surface area contributed by atoms with E-state index in [9.17, 15) is 9.59 Å². The van der Waals surface area contributed by atoms with Crippen molar-refractivity contribution in [2.45, 2.75) is 19.2 Å². The molecule has 0 bridgehead atoms. The Morgan fingerprint density at radius 3 is 2.81 bits per heavy atom. The molecule has 32 heavy (non-hydrogen) atoms. The minimum Gasteiger partial charge on any atom is -0.474 e. The Morgan fingerprint density at radius 2 is 2.09 bits per heavy atom. The monoisotopic (exact) mass is 475 g/mol. The molecule has 3 heterocycles. The number of anilines is 1. The van der Waals surface area contributed by atoms with Gasteiger partial charge < -0.3 is 25.0 Å². The van der Waals surface area contributed by atoms with Gasteiger partial charge in [0.1, 0.15) is 12.1 Å². The molecule has 0 spiro atoms. The molecule has 1 aliphatic heterocycles. The zero-order valence-electron chi connectivity index (χ0n) is 17.6. The van der Waals surface area contributed by atoms with E-state index in [1.807, 2.05) is 18.2 Å². The lowest BCUT2D eigenvalue weighted by molar-refractivity contribution is -0.196. The Balaban J connectivity index is 1.47. The molecule has 9 nitrogen and oxygen atoms in total. The van der Waals surface area contributed by atoms with Crippen molar-refractivity contribution in [3.05, 3.63) is 46.6 Å². The van der Waals surface area contributed by atoms with Gasteiger partial charge >= 0.3 is 0 Å². The molecule has 168 valence electrons. The smallest absolute Gasteiger partial charge is 0.276 e. The largest absolute Gasteiger partial charge is 0.474 e. The Hall–Kier alpha value is -2.95. The topological polar surface area (TPSA) is 111 Å². The second-order valence-corrected chi connectivity index (χ2v) is 9.09. The van der Waals surface area contributed by atoms with Crippen LogP contribution in [0.5, 0.6) is 5.06 Å². The van der Waals surface area contributed by atoms with Gasteiger partial charge in [0.15, 0.2) is 11.7 Å². The number of carbonyl (C=O) groups is 2. The van der Waals surface area contributed by atoms with Crippen molar-refractivity contribution in [3.63, 3.8) is 0 Å². The molecule has 1 atom stereocenters. The normalized spacial score (nSPS) is 18.9. The number of methoxy groups -OCH3 is 1. The fraction of sp³-hybridized carbons (Fsp3) is 0.333. The maximum atomic E-state index is 13.3. The minimum atomic E-state index is -1.44. The van der Waals surface area contributed by atoms with Crippen LogP contribution in [0, 0.1) is 0 Å². The average molecular weight is 476 g/mol. The molecule has 1 aliphatic rings. The highest BCUT2D eigenvalue weighted by Gasteiger charge is 2.48. The van der Waals surface area contributed by atoms with Gasteiger partial charge in [0.05, 0.1) is 9.85 Å². The van der Waals surface area contributed by atoms with E-state index in [-0.39, 0.29) is 18.4 Å². The number of nitrogen functional groups attached to an aromatic ring is 1. The van der Waals surface area contributed by atoms with Gasteiger partial charge in [0.2, 0.25) is 5.72 Å². The number of hydrogen-bond acceptors (Lipinski definition) is 8. The predicted molar refractivity (Wildman–Crippen MR) is 121 cm³/mol. The molecular formula is C21H22ClN5O4S. The van der Waals surface area contributed by atoms with Crippen molar-refractivity contribution in [2.75, 3.05) is 32.5 Å². The summed E-state index contributed by atoms with van der Waals surface area (Å²) in [5, 5.41) is 1.29. The predicted octanol–water partition coefficient (Wildman–Crippen LogP) is 2.54. The molecule has 0 radical (unpaired) electrons. The van der Waals surface area contributed by atoms with E-state index in [4.69, 9.17) is 26.8 Å². The van der Waals surface area contributed by atoms with E-state index < -0.39 is 5.72 Å². The molecule has 2 amide bonds. The van der Waals surface area contributed by atoms with Crippen LogP contribution in [0.3, 0.4) is 0 Å². The van der Waals surface area contributed by atoms with Crippen LogP contribution in [-0.2, 0) is 20.9 Å². The zero-order valence-corrected chi connectivity index (χ0v) is 19.2. The first kappa shape index (κ1) is 22.3. The van der Waals surface area contributed by atoms with Crippen molar-refractivity contribution in [1.29, 1.82) is 0 Å². The van der Waals surface area contributed by atoms with Crippen LogP contribution in [-0.4, -0.2) is 64.1 Å². The minimum absolute atomic E-state index is 0.213. The van der Waals surface area contributed by atoms with Gasteiger partial charge in [-0.15, -0.1) is 0 Å². The molecule has 4 rings (SSSR count). The molecule has 3 aromatic rings. The van der Waals surface area contributed by atoms with Crippen LogP contribution < -0.4 is 10.5 Å². The van der Waals surface area contributed by atoms with E-state index in [2.05, 4.69) is 9.97 Å². The Labute approximate surface area is 193 Å². The first-order chi connectivity index (χ1) is 15.3. The van der Waals surface area contributed by atoms with Crippen molar-refractivity contribution < 1.29 is 19.1 Å². The van der Waals surface area contributed by atoms with Crippen LogP contribution in [0.15, 0.2) is 36.7 Å². The highest BCUT2D eigenvalue weighted by atomic mass is 35.5. The lowest BCUT2D eigenvalue weighted by atomic mass is 10.1. The lowest BCUT2D eigenvalue weighted by Crippen LogP contribution is -2.67. The second kappa shape index (κ2) is 8.89. The van der Waals surface area contributed by atoms with Gasteiger partial charge in [0.25, 0.3) is 11.8 Å². The highest BCUT2D eigenvalue weighted by Crippen LogP contribution is 2.29. The molecule has 1 fully saturated rings. The number of nitrogens with two attached hydrogens (primary N) is 1. The van der Waals surface area contributed by atoms with Crippen molar-refractivity contribution in [3.8, 4) is 5.06 Å². The number of piperazine rings is 1. The molecule has 0 unspecified atom stereocenters. The maximum absolute atomic E-state index is 13.3. The van der Waals surface area contributed by atoms with Gasteiger partial charge in [-0.2, -0.15) is 0 Å². The summed E-state index contributed by atoms with van der Waals surface area (Å²) in [7, 11) is 1.41. The molecule has 2 aromatic heterocycles. The maximum Gasteiger partial charge on any atom is 0.276 e. The number of aromatic nitrogens is 2. The molecular weight excluding hydrogens is 454 g/mol. The summed E-state index contributed by atoms with van der Waals surface area (Å²) in [6.45, 7) is 2.40. The Kier molecular flexibility index (Phi) is 6.18. The van der Waals surface area contributed by atoms with Crippen LogP contribution in [0.2, 0.25) is 4.34 Å². The van der Waals surface area contributed by atoms with Gasteiger partial charge in [-0.3, -0.25) is 9.59 Å². The van der Waals surface area contributed by atoms with E-state index in [1.54, 1.807) is 24.0 Å². The number of amides is 2. The van der Waals surface area contributed by atoms with Crippen LogP contribution in [0.4, 0.5) is 5.82 Å². The summed E-state index contributed by atoms with van der Waals surface area (Å²) < 4.78 is 11.6. The first-order valence-corrected chi connectivity index (χ1v) is 11.0. The third-order valence-corrected chi connectivity index (χ3v) is 6.63. The third-order valence-electron chi connectivity index (χ3n) is 5.48. The zero-order chi connectivity index (χ0) is 22.9. The summed E-state index contributed by atoms with van der Waals surface area (Å²) in [6.07, 6.45) is 1.41. The summed E-state index contributed by atoms with van der Waals surface area (Å²) >= 11 is 7.13.